The molecule has 0 saturated heterocycles. The topological polar surface area (TPSA) is 0 Å². The second-order valence-electron chi connectivity index (χ2n) is 4.19. The summed E-state index contributed by atoms with van der Waals surface area (Å²) in [5, 5.41) is 0. The second kappa shape index (κ2) is 6.60. The van der Waals surface area contributed by atoms with Crippen molar-refractivity contribution in [2.24, 2.45) is 0 Å². The van der Waals surface area contributed by atoms with Gasteiger partial charge in [0.05, 0.1) is 4.08 Å². The SMILES string of the molecule is CC(S)(CSc1ccccc1)Sc1ccccc1. The van der Waals surface area contributed by atoms with E-state index in [1.807, 2.05) is 35.7 Å². The molecule has 0 heterocycles. The van der Waals surface area contributed by atoms with Gasteiger partial charge >= 0.3 is 0 Å². The Balaban J connectivity index is 1.91. The highest BCUT2D eigenvalue weighted by Gasteiger charge is 2.20. The van der Waals surface area contributed by atoms with Gasteiger partial charge in [0.15, 0.2) is 0 Å². The van der Waals surface area contributed by atoms with Gasteiger partial charge in [-0.15, -0.1) is 23.5 Å². The van der Waals surface area contributed by atoms with Gasteiger partial charge in [0.25, 0.3) is 0 Å². The van der Waals surface area contributed by atoms with Gasteiger partial charge in [-0.05, 0) is 31.2 Å². The van der Waals surface area contributed by atoms with E-state index in [4.69, 9.17) is 12.6 Å². The van der Waals surface area contributed by atoms with E-state index >= 15 is 0 Å². The number of thioether (sulfide) groups is 2. The van der Waals surface area contributed by atoms with Crippen molar-refractivity contribution < 1.29 is 0 Å². The van der Waals surface area contributed by atoms with E-state index in [9.17, 15) is 0 Å². The molecule has 0 amide bonds. The molecule has 0 nitrogen and oxygen atoms in total. The summed E-state index contributed by atoms with van der Waals surface area (Å²) in [6.07, 6.45) is 0. The number of hydrogen-bond donors (Lipinski definition) is 1. The maximum Gasteiger partial charge on any atom is 0.0693 e. The first-order valence-corrected chi connectivity index (χ1v) is 8.05. The maximum atomic E-state index is 4.77. The fourth-order valence-corrected chi connectivity index (χ4v) is 4.01. The van der Waals surface area contributed by atoms with Crippen molar-refractivity contribution in [3.8, 4) is 0 Å². The first-order valence-electron chi connectivity index (χ1n) is 5.80. The van der Waals surface area contributed by atoms with E-state index in [2.05, 4.69) is 55.5 Å². The van der Waals surface area contributed by atoms with Crippen molar-refractivity contribution >= 4 is 36.2 Å². The van der Waals surface area contributed by atoms with E-state index in [1.165, 1.54) is 9.79 Å². The Bertz CT molecular complexity index is 466. The summed E-state index contributed by atoms with van der Waals surface area (Å²) < 4.78 is -0.0676. The van der Waals surface area contributed by atoms with Gasteiger partial charge in [0.2, 0.25) is 0 Å². The van der Waals surface area contributed by atoms with Crippen LogP contribution in [0.25, 0.3) is 0 Å². The Kier molecular flexibility index (Phi) is 5.10. The van der Waals surface area contributed by atoms with Crippen molar-refractivity contribution in [2.75, 3.05) is 5.75 Å². The Morgan fingerprint density at radius 2 is 1.39 bits per heavy atom. The van der Waals surface area contributed by atoms with Crippen molar-refractivity contribution in [3.63, 3.8) is 0 Å². The van der Waals surface area contributed by atoms with Gasteiger partial charge < -0.3 is 0 Å². The highest BCUT2D eigenvalue weighted by Crippen LogP contribution is 2.39. The van der Waals surface area contributed by atoms with Gasteiger partial charge in [-0.25, -0.2) is 0 Å². The standard InChI is InChI=1S/C15H16S3/c1-15(16,18-14-10-6-3-7-11-14)12-17-13-8-4-2-5-9-13/h2-11,16H,12H2,1H3. The van der Waals surface area contributed by atoms with Crippen LogP contribution >= 0.6 is 36.2 Å². The average Bonchev–Trinajstić information content (AvgIpc) is 2.38. The summed E-state index contributed by atoms with van der Waals surface area (Å²) in [7, 11) is 0. The zero-order chi connectivity index (χ0) is 12.8. The van der Waals surface area contributed by atoms with Crippen LogP contribution in [0.4, 0.5) is 0 Å². The molecule has 18 heavy (non-hydrogen) atoms. The third-order valence-corrected chi connectivity index (χ3v) is 5.58. The molecule has 0 aliphatic carbocycles. The highest BCUT2D eigenvalue weighted by molar-refractivity contribution is 8.13. The lowest BCUT2D eigenvalue weighted by Gasteiger charge is -2.22. The number of thiol groups is 1. The molecule has 0 aliphatic heterocycles. The molecule has 0 bridgehead atoms. The first kappa shape index (κ1) is 13.9. The lowest BCUT2D eigenvalue weighted by atomic mass is 10.4. The first-order chi connectivity index (χ1) is 8.66. The molecule has 2 rings (SSSR count). The minimum atomic E-state index is -0.0676. The van der Waals surface area contributed by atoms with E-state index in [0.717, 1.165) is 5.75 Å². The van der Waals surface area contributed by atoms with Crippen LogP contribution in [-0.4, -0.2) is 9.83 Å². The largest absolute Gasteiger partial charge is 0.161 e. The Morgan fingerprint density at radius 3 is 1.94 bits per heavy atom. The van der Waals surface area contributed by atoms with E-state index in [-0.39, 0.29) is 4.08 Å². The average molecular weight is 292 g/mol. The molecule has 0 saturated carbocycles. The van der Waals surface area contributed by atoms with Crippen LogP contribution in [0.2, 0.25) is 0 Å². The van der Waals surface area contributed by atoms with Crippen molar-refractivity contribution in [2.45, 2.75) is 20.8 Å². The molecule has 94 valence electrons. The fourth-order valence-electron chi connectivity index (χ4n) is 1.51. The molecule has 1 atom stereocenters. The van der Waals surface area contributed by atoms with Gasteiger partial charge in [-0.3, -0.25) is 0 Å². The van der Waals surface area contributed by atoms with Crippen LogP contribution in [0.5, 0.6) is 0 Å². The molecule has 0 spiro atoms. The summed E-state index contributed by atoms with van der Waals surface area (Å²) in [6.45, 7) is 2.17. The Labute approximate surface area is 123 Å². The van der Waals surface area contributed by atoms with E-state index < -0.39 is 0 Å². The van der Waals surface area contributed by atoms with Gasteiger partial charge in [-0.1, -0.05) is 36.4 Å². The van der Waals surface area contributed by atoms with Crippen molar-refractivity contribution in [3.05, 3.63) is 60.7 Å². The third kappa shape index (κ3) is 4.63. The smallest absolute Gasteiger partial charge is 0.0693 e. The normalized spacial score (nSPS) is 14.1. The Morgan fingerprint density at radius 1 is 0.889 bits per heavy atom. The lowest BCUT2D eigenvalue weighted by molar-refractivity contribution is 1.05. The summed E-state index contributed by atoms with van der Waals surface area (Å²) in [4.78, 5) is 2.56. The van der Waals surface area contributed by atoms with Crippen LogP contribution in [-0.2, 0) is 0 Å². The van der Waals surface area contributed by atoms with Gasteiger partial charge in [0, 0.05) is 15.5 Å². The van der Waals surface area contributed by atoms with Crippen LogP contribution in [0, 0.1) is 0 Å². The predicted molar refractivity (Wildman–Crippen MR) is 86.9 cm³/mol. The maximum absolute atomic E-state index is 4.77. The monoisotopic (exact) mass is 292 g/mol. The summed E-state index contributed by atoms with van der Waals surface area (Å²) in [5.41, 5.74) is 0. The molecule has 0 fully saturated rings. The molecule has 2 aromatic rings. The molecule has 0 aromatic heterocycles. The molecule has 0 radical (unpaired) electrons. The molecular weight excluding hydrogens is 276 g/mol. The van der Waals surface area contributed by atoms with Crippen LogP contribution in [0.1, 0.15) is 6.92 Å². The van der Waals surface area contributed by atoms with E-state index in [0.29, 0.717) is 0 Å². The van der Waals surface area contributed by atoms with Gasteiger partial charge in [-0.2, -0.15) is 12.6 Å². The zero-order valence-electron chi connectivity index (χ0n) is 10.2. The summed E-state index contributed by atoms with van der Waals surface area (Å²) >= 11 is 8.43. The van der Waals surface area contributed by atoms with Crippen molar-refractivity contribution in [1.82, 2.24) is 0 Å². The van der Waals surface area contributed by atoms with Crippen LogP contribution in [0.3, 0.4) is 0 Å². The highest BCUT2D eigenvalue weighted by atomic mass is 32.2. The Hall–Kier alpha value is -0.510. The van der Waals surface area contributed by atoms with Crippen LogP contribution < -0.4 is 0 Å². The number of rotatable bonds is 5. The summed E-state index contributed by atoms with van der Waals surface area (Å²) in [5.74, 6) is 0.972. The second-order valence-corrected chi connectivity index (χ2v) is 8.11. The lowest BCUT2D eigenvalue weighted by Crippen LogP contribution is -2.14. The fraction of sp³-hybridized carbons (Fsp3) is 0.200. The van der Waals surface area contributed by atoms with Crippen LogP contribution in [0.15, 0.2) is 70.5 Å². The number of hydrogen-bond acceptors (Lipinski definition) is 3. The molecule has 3 heteroatoms. The zero-order valence-corrected chi connectivity index (χ0v) is 12.8. The molecule has 2 aromatic carbocycles. The minimum absolute atomic E-state index is 0.0676. The molecule has 0 aliphatic rings. The summed E-state index contributed by atoms with van der Waals surface area (Å²) in [6, 6.07) is 20.9. The van der Waals surface area contributed by atoms with Gasteiger partial charge in [0.1, 0.15) is 0 Å². The predicted octanol–water partition coefficient (Wildman–Crippen LogP) is 5.22. The van der Waals surface area contributed by atoms with E-state index in [1.54, 1.807) is 0 Å². The molecule has 1 unspecified atom stereocenters. The molecule has 0 N–H and O–H groups in total. The quantitative estimate of drug-likeness (QED) is 0.456. The number of benzene rings is 2. The third-order valence-electron chi connectivity index (χ3n) is 2.33. The molecular formula is C15H16S3. The minimum Gasteiger partial charge on any atom is -0.161 e. The van der Waals surface area contributed by atoms with Crippen molar-refractivity contribution in [1.29, 1.82) is 0 Å².